The van der Waals surface area contributed by atoms with Crippen LogP contribution in [0, 0.1) is 5.92 Å². The van der Waals surface area contributed by atoms with Crippen LogP contribution in [0.25, 0.3) is 0 Å². The first-order valence-corrected chi connectivity index (χ1v) is 5.13. The van der Waals surface area contributed by atoms with Crippen LogP contribution in [0.5, 0.6) is 0 Å². The molecule has 0 amide bonds. The van der Waals surface area contributed by atoms with Gasteiger partial charge in [-0.05, 0) is 12.8 Å². The molecule has 12 heavy (non-hydrogen) atoms. The van der Waals surface area contributed by atoms with Crippen LogP contribution in [-0.2, 0) is 19.8 Å². The summed E-state index contributed by atoms with van der Waals surface area (Å²) in [7, 11) is -4.50. The van der Waals surface area contributed by atoms with Crippen molar-refractivity contribution in [1.29, 1.82) is 0 Å². The highest BCUT2D eigenvalue weighted by Gasteiger charge is 2.31. The van der Waals surface area contributed by atoms with Gasteiger partial charge < -0.3 is 4.74 Å². The van der Waals surface area contributed by atoms with Crippen molar-refractivity contribution in [3.8, 4) is 0 Å². The number of carbonyl (C=O) groups is 1. The van der Waals surface area contributed by atoms with Crippen molar-refractivity contribution in [2.24, 2.45) is 5.92 Å². The third-order valence-electron chi connectivity index (χ3n) is 1.48. The molecule has 0 heterocycles. The molecule has 0 radical (unpaired) electrons. The van der Waals surface area contributed by atoms with Gasteiger partial charge in [-0.3, -0.25) is 4.79 Å². The van der Waals surface area contributed by atoms with Crippen LogP contribution >= 0.6 is 0 Å². The lowest BCUT2D eigenvalue weighted by molar-refractivity contribution is -0.144. The van der Waals surface area contributed by atoms with Gasteiger partial charge in [-0.1, -0.05) is 0 Å². The molecule has 1 saturated carbocycles. The van der Waals surface area contributed by atoms with Crippen LogP contribution in [0.15, 0.2) is 0 Å². The summed E-state index contributed by atoms with van der Waals surface area (Å²) in [6.45, 7) is -0.381. The van der Waals surface area contributed by atoms with E-state index in [9.17, 15) is 17.1 Å². The molecule has 1 fully saturated rings. The largest absolute Gasteiger partial charge is 0.464 e. The Morgan fingerprint density at radius 3 is 2.50 bits per heavy atom. The molecule has 1 rings (SSSR count). The zero-order valence-electron chi connectivity index (χ0n) is 6.32. The number of hydrogen-bond acceptors (Lipinski definition) is 4. The predicted molar refractivity (Wildman–Crippen MR) is 38.6 cm³/mol. The van der Waals surface area contributed by atoms with Gasteiger partial charge in [-0.25, -0.2) is 0 Å². The van der Waals surface area contributed by atoms with Gasteiger partial charge in [-0.2, -0.15) is 8.42 Å². The third kappa shape index (κ3) is 3.66. The van der Waals surface area contributed by atoms with Crippen LogP contribution in [0.1, 0.15) is 12.8 Å². The molecule has 0 saturated heterocycles. The van der Waals surface area contributed by atoms with Gasteiger partial charge in [0.2, 0.25) is 0 Å². The van der Waals surface area contributed by atoms with Crippen molar-refractivity contribution in [3.63, 3.8) is 0 Å². The van der Waals surface area contributed by atoms with Gasteiger partial charge in [0, 0.05) is 0 Å². The van der Waals surface area contributed by atoms with Gasteiger partial charge >= 0.3 is 16.2 Å². The van der Waals surface area contributed by atoms with Crippen molar-refractivity contribution in [2.75, 3.05) is 12.4 Å². The molecule has 1 aliphatic carbocycles. The number of halogens is 1. The Balaban J connectivity index is 2.13. The van der Waals surface area contributed by atoms with E-state index in [1.54, 1.807) is 0 Å². The third-order valence-corrected chi connectivity index (χ3v) is 2.14. The highest BCUT2D eigenvalue weighted by atomic mass is 32.3. The van der Waals surface area contributed by atoms with E-state index in [2.05, 4.69) is 4.74 Å². The van der Waals surface area contributed by atoms with Crippen LogP contribution in [-0.4, -0.2) is 26.7 Å². The fraction of sp³-hybridized carbons (Fsp3) is 0.833. The summed E-state index contributed by atoms with van der Waals surface area (Å²) in [6.07, 6.45) is 1.59. The Kier molecular flexibility index (Phi) is 2.66. The second-order valence-electron chi connectivity index (χ2n) is 2.68. The Morgan fingerprint density at radius 1 is 1.50 bits per heavy atom. The van der Waals surface area contributed by atoms with E-state index < -0.39 is 21.9 Å². The van der Waals surface area contributed by atoms with Crippen molar-refractivity contribution in [3.05, 3.63) is 0 Å². The Bertz CT molecular complexity index is 267. The fourth-order valence-electron chi connectivity index (χ4n) is 0.679. The summed E-state index contributed by atoms with van der Waals surface area (Å²) in [6, 6.07) is 0. The quantitative estimate of drug-likeness (QED) is 0.477. The van der Waals surface area contributed by atoms with Crippen LogP contribution in [0.3, 0.4) is 0 Å². The van der Waals surface area contributed by atoms with E-state index in [1.165, 1.54) is 0 Å². The van der Waals surface area contributed by atoms with Crippen molar-refractivity contribution >= 4 is 16.2 Å². The molecule has 70 valence electrons. The maximum absolute atomic E-state index is 11.8. The molecule has 0 aliphatic heterocycles. The van der Waals surface area contributed by atoms with Crippen LogP contribution < -0.4 is 0 Å². The van der Waals surface area contributed by atoms with Gasteiger partial charge in [0.25, 0.3) is 0 Å². The first-order valence-electron chi connectivity index (χ1n) is 3.58. The lowest BCUT2D eigenvalue weighted by Crippen LogP contribution is -2.13. The molecule has 4 nitrogen and oxygen atoms in total. The molecular weight excluding hydrogens is 187 g/mol. The molecule has 0 aromatic carbocycles. The summed E-state index contributed by atoms with van der Waals surface area (Å²) in [5, 5.41) is 0. The number of carbonyl (C=O) groups excluding carboxylic acids is 1. The van der Waals surface area contributed by atoms with E-state index in [4.69, 9.17) is 0 Å². The van der Waals surface area contributed by atoms with Crippen molar-refractivity contribution in [2.45, 2.75) is 12.8 Å². The van der Waals surface area contributed by atoms with E-state index in [-0.39, 0.29) is 12.5 Å². The summed E-state index contributed by atoms with van der Waals surface area (Å²) in [5.74, 6) is -1.24. The average Bonchev–Trinajstić information content (AvgIpc) is 2.64. The van der Waals surface area contributed by atoms with Crippen molar-refractivity contribution in [1.82, 2.24) is 0 Å². The zero-order chi connectivity index (χ0) is 9.19. The number of ether oxygens (including phenoxy) is 1. The lowest BCUT2D eigenvalue weighted by Gasteiger charge is -1.99. The molecule has 0 N–H and O–H groups in total. The van der Waals surface area contributed by atoms with Gasteiger partial charge in [0.15, 0.2) is 0 Å². The summed E-state index contributed by atoms with van der Waals surface area (Å²) in [5.41, 5.74) is 0. The molecule has 1 aliphatic rings. The van der Waals surface area contributed by atoms with E-state index in [1.807, 2.05) is 0 Å². The number of esters is 1. The van der Waals surface area contributed by atoms with Crippen LogP contribution in [0.4, 0.5) is 3.89 Å². The molecule has 0 bridgehead atoms. The second-order valence-corrected chi connectivity index (χ2v) is 4.17. The maximum atomic E-state index is 11.8. The molecule has 0 unspecified atom stereocenters. The van der Waals surface area contributed by atoms with Crippen LogP contribution in [0.2, 0.25) is 0 Å². The number of hydrogen-bond donors (Lipinski definition) is 0. The van der Waals surface area contributed by atoms with E-state index in [0.29, 0.717) is 0 Å². The first-order chi connectivity index (χ1) is 5.49. The molecule has 0 aromatic rings. The zero-order valence-corrected chi connectivity index (χ0v) is 7.14. The van der Waals surface area contributed by atoms with Crippen molar-refractivity contribution < 1.29 is 21.8 Å². The maximum Gasteiger partial charge on any atom is 0.308 e. The topological polar surface area (TPSA) is 60.4 Å². The van der Waals surface area contributed by atoms with Gasteiger partial charge in [0.1, 0.15) is 12.4 Å². The molecular formula is C6H9FO4S. The normalized spacial score (nSPS) is 17.4. The SMILES string of the molecule is O=C(OCCS(=O)(=O)F)C1CC1. The molecule has 0 aromatic heterocycles. The van der Waals surface area contributed by atoms with E-state index in [0.717, 1.165) is 12.8 Å². The minimum atomic E-state index is -4.50. The number of rotatable bonds is 4. The Labute approximate surface area is 69.9 Å². The minimum absolute atomic E-state index is 0.0766. The Morgan fingerprint density at radius 2 is 2.08 bits per heavy atom. The smallest absolute Gasteiger partial charge is 0.308 e. The monoisotopic (exact) mass is 196 g/mol. The standard InChI is InChI=1S/C6H9FO4S/c7-12(9,10)4-3-11-6(8)5-1-2-5/h5H,1-4H2. The highest BCUT2D eigenvalue weighted by Crippen LogP contribution is 2.29. The van der Waals surface area contributed by atoms with Gasteiger partial charge in [-0.15, -0.1) is 3.89 Å². The minimum Gasteiger partial charge on any atom is -0.464 e. The highest BCUT2D eigenvalue weighted by molar-refractivity contribution is 7.86. The molecule has 6 heteroatoms. The van der Waals surface area contributed by atoms with Gasteiger partial charge in [0.05, 0.1) is 5.92 Å². The predicted octanol–water partition coefficient (Wildman–Crippen LogP) is 0.239. The molecule has 0 atom stereocenters. The molecule has 0 spiro atoms. The lowest BCUT2D eigenvalue weighted by atomic mass is 10.4. The Hall–Kier alpha value is -0.650. The summed E-state index contributed by atoms with van der Waals surface area (Å²) < 4.78 is 36.2. The first kappa shape index (κ1) is 9.44. The second kappa shape index (κ2) is 3.38. The average molecular weight is 196 g/mol. The summed E-state index contributed by atoms with van der Waals surface area (Å²) >= 11 is 0. The summed E-state index contributed by atoms with van der Waals surface area (Å²) in [4.78, 5) is 10.8. The fourth-order valence-corrected chi connectivity index (χ4v) is 0.961. The van der Waals surface area contributed by atoms with E-state index >= 15 is 0 Å².